The number of benzene rings is 2. The van der Waals surface area contributed by atoms with E-state index in [1.54, 1.807) is 11.3 Å². The Hall–Kier alpha value is -2.30. The molecule has 0 radical (unpaired) electrons. The molecule has 0 unspecified atom stereocenters. The molecule has 2 heterocycles. The van der Waals surface area contributed by atoms with Gasteiger partial charge < -0.3 is 9.88 Å². The Kier molecular flexibility index (Phi) is 4.70. The summed E-state index contributed by atoms with van der Waals surface area (Å²) in [4.78, 5) is 4.78. The highest BCUT2D eigenvalue weighted by atomic mass is 35.5. The van der Waals surface area contributed by atoms with Crippen molar-refractivity contribution in [2.75, 3.05) is 11.9 Å². The number of rotatable bonds is 5. The smallest absolute Gasteiger partial charge is 0.183 e. The monoisotopic (exact) mass is 381 g/mol. The van der Waals surface area contributed by atoms with E-state index in [9.17, 15) is 0 Å². The number of hydrogen-bond donors (Lipinski definition) is 1. The largest absolute Gasteiger partial charge is 0.362 e. The van der Waals surface area contributed by atoms with Crippen LogP contribution in [0.15, 0.2) is 53.9 Å². The van der Waals surface area contributed by atoms with E-state index in [0.29, 0.717) is 0 Å². The van der Waals surface area contributed by atoms with Crippen molar-refractivity contribution in [1.29, 1.82) is 0 Å². The van der Waals surface area contributed by atoms with E-state index in [1.807, 2.05) is 18.2 Å². The summed E-state index contributed by atoms with van der Waals surface area (Å²) in [5, 5.41) is 8.27. The van der Waals surface area contributed by atoms with Gasteiger partial charge in [-0.25, -0.2) is 4.98 Å². The van der Waals surface area contributed by atoms with Gasteiger partial charge in [-0.05, 0) is 37.6 Å². The molecule has 2 aromatic heterocycles. The second kappa shape index (κ2) is 7.14. The Morgan fingerprint density at radius 1 is 1.15 bits per heavy atom. The van der Waals surface area contributed by atoms with Gasteiger partial charge in [0, 0.05) is 45.7 Å². The number of anilines is 1. The molecule has 0 atom stereocenters. The minimum absolute atomic E-state index is 0.748. The van der Waals surface area contributed by atoms with Gasteiger partial charge >= 0.3 is 0 Å². The van der Waals surface area contributed by atoms with Crippen LogP contribution in [0.25, 0.3) is 22.2 Å². The maximum absolute atomic E-state index is 6.32. The third-order valence-corrected chi connectivity index (χ3v) is 5.59. The molecule has 0 saturated carbocycles. The fourth-order valence-electron chi connectivity index (χ4n) is 3.37. The number of thiazole rings is 1. The second-order valence-electron chi connectivity index (χ2n) is 6.26. The van der Waals surface area contributed by atoms with Crippen LogP contribution in [0, 0.1) is 6.92 Å². The Morgan fingerprint density at radius 3 is 2.73 bits per heavy atom. The van der Waals surface area contributed by atoms with Crippen LogP contribution < -0.4 is 5.32 Å². The lowest BCUT2D eigenvalue weighted by Gasteiger charge is -2.09. The summed E-state index contributed by atoms with van der Waals surface area (Å²) in [6.45, 7) is 5.94. The van der Waals surface area contributed by atoms with E-state index >= 15 is 0 Å². The van der Waals surface area contributed by atoms with Crippen molar-refractivity contribution < 1.29 is 0 Å². The molecule has 26 heavy (non-hydrogen) atoms. The van der Waals surface area contributed by atoms with Gasteiger partial charge in [-0.3, -0.25) is 0 Å². The maximum Gasteiger partial charge on any atom is 0.183 e. The fourth-order valence-corrected chi connectivity index (χ4v) is 4.31. The van der Waals surface area contributed by atoms with Crippen LogP contribution in [0.2, 0.25) is 5.02 Å². The van der Waals surface area contributed by atoms with Crippen molar-refractivity contribution in [3.05, 3.63) is 70.2 Å². The molecule has 0 bridgehead atoms. The van der Waals surface area contributed by atoms with Gasteiger partial charge in [0.05, 0.1) is 5.69 Å². The average molecular weight is 382 g/mol. The predicted octanol–water partition coefficient (Wildman–Crippen LogP) is 6.21. The highest BCUT2D eigenvalue weighted by molar-refractivity contribution is 7.14. The minimum Gasteiger partial charge on any atom is -0.362 e. The van der Waals surface area contributed by atoms with Crippen LogP contribution in [0.5, 0.6) is 0 Å². The zero-order valence-corrected chi connectivity index (χ0v) is 16.4. The Morgan fingerprint density at radius 2 is 1.96 bits per heavy atom. The summed E-state index contributed by atoms with van der Waals surface area (Å²) >= 11 is 7.95. The molecule has 0 saturated heterocycles. The van der Waals surface area contributed by atoms with Crippen molar-refractivity contribution >= 4 is 39.0 Å². The Bertz CT molecular complexity index is 1050. The third-order valence-electron chi connectivity index (χ3n) is 4.56. The predicted molar refractivity (Wildman–Crippen MR) is 113 cm³/mol. The summed E-state index contributed by atoms with van der Waals surface area (Å²) in [6, 6.07) is 16.6. The van der Waals surface area contributed by atoms with Gasteiger partial charge in [0.15, 0.2) is 5.13 Å². The molecule has 0 aliphatic heterocycles. The average Bonchev–Trinajstić information content (AvgIpc) is 3.19. The first kappa shape index (κ1) is 17.1. The molecule has 2 aromatic carbocycles. The molecule has 3 nitrogen and oxygen atoms in total. The Balaban J connectivity index is 1.89. The molecule has 1 N–H and O–H groups in total. The van der Waals surface area contributed by atoms with E-state index in [-0.39, 0.29) is 0 Å². The van der Waals surface area contributed by atoms with Crippen LogP contribution in [0.3, 0.4) is 0 Å². The zero-order valence-electron chi connectivity index (χ0n) is 14.8. The zero-order chi connectivity index (χ0) is 18.1. The lowest BCUT2D eigenvalue weighted by Crippen LogP contribution is -2.01. The SMILES string of the molecule is CCNc1nc(-c2c(C)n(Cc3ccccc3)c3ccc(Cl)cc23)cs1. The summed E-state index contributed by atoms with van der Waals surface area (Å²) in [5.74, 6) is 0. The quantitative estimate of drug-likeness (QED) is 0.445. The van der Waals surface area contributed by atoms with Crippen LogP contribution >= 0.6 is 22.9 Å². The molecule has 0 aliphatic rings. The molecule has 5 heteroatoms. The molecule has 132 valence electrons. The number of hydrogen-bond acceptors (Lipinski definition) is 3. The van der Waals surface area contributed by atoms with Gasteiger partial charge in [-0.15, -0.1) is 11.3 Å². The minimum atomic E-state index is 0.748. The molecule has 0 fully saturated rings. The summed E-state index contributed by atoms with van der Waals surface area (Å²) in [7, 11) is 0. The molecule has 0 spiro atoms. The number of aromatic nitrogens is 2. The number of nitrogens with one attached hydrogen (secondary N) is 1. The van der Waals surface area contributed by atoms with Crippen LogP contribution in [0.1, 0.15) is 18.2 Å². The van der Waals surface area contributed by atoms with Crippen molar-refractivity contribution in [2.24, 2.45) is 0 Å². The molecule has 0 amide bonds. The highest BCUT2D eigenvalue weighted by Crippen LogP contribution is 2.37. The molecular weight excluding hydrogens is 362 g/mol. The standard InChI is InChI=1S/C21H20ClN3S/c1-3-23-21-24-18(13-26-21)20-14(2)25(12-15-7-5-4-6-8-15)19-10-9-16(22)11-17(19)20/h4-11,13H,3,12H2,1-2H3,(H,23,24). The van der Waals surface area contributed by atoms with Crippen LogP contribution in [-0.2, 0) is 6.54 Å². The van der Waals surface area contributed by atoms with Gasteiger partial charge in [-0.2, -0.15) is 0 Å². The van der Waals surface area contributed by atoms with Crippen LogP contribution in [0.4, 0.5) is 5.13 Å². The first-order valence-electron chi connectivity index (χ1n) is 8.69. The third kappa shape index (κ3) is 3.11. The van der Waals surface area contributed by atoms with E-state index in [4.69, 9.17) is 16.6 Å². The summed E-state index contributed by atoms with van der Waals surface area (Å²) in [5.41, 5.74) is 5.84. The lowest BCUT2D eigenvalue weighted by molar-refractivity contribution is 0.806. The van der Waals surface area contributed by atoms with E-state index in [1.165, 1.54) is 22.3 Å². The normalized spacial score (nSPS) is 11.2. The van der Waals surface area contributed by atoms with Crippen molar-refractivity contribution in [3.8, 4) is 11.3 Å². The first-order chi connectivity index (χ1) is 12.7. The number of fused-ring (bicyclic) bond motifs is 1. The van der Waals surface area contributed by atoms with Crippen molar-refractivity contribution in [3.63, 3.8) is 0 Å². The van der Waals surface area contributed by atoms with E-state index in [2.05, 4.69) is 59.4 Å². The lowest BCUT2D eigenvalue weighted by atomic mass is 10.1. The Labute approximate surface area is 162 Å². The molecule has 0 aliphatic carbocycles. The maximum atomic E-state index is 6.32. The van der Waals surface area contributed by atoms with Crippen molar-refractivity contribution in [2.45, 2.75) is 20.4 Å². The fraction of sp³-hybridized carbons (Fsp3) is 0.190. The van der Waals surface area contributed by atoms with Crippen LogP contribution in [-0.4, -0.2) is 16.1 Å². The van der Waals surface area contributed by atoms with Gasteiger partial charge in [0.2, 0.25) is 0 Å². The molecular formula is C21H20ClN3S. The highest BCUT2D eigenvalue weighted by Gasteiger charge is 2.18. The van der Waals surface area contributed by atoms with Gasteiger partial charge in [0.25, 0.3) is 0 Å². The second-order valence-corrected chi connectivity index (χ2v) is 7.56. The first-order valence-corrected chi connectivity index (χ1v) is 9.95. The molecule has 4 aromatic rings. The van der Waals surface area contributed by atoms with E-state index < -0.39 is 0 Å². The topological polar surface area (TPSA) is 29.9 Å². The molecule has 4 rings (SSSR count). The van der Waals surface area contributed by atoms with E-state index in [0.717, 1.165) is 34.3 Å². The van der Waals surface area contributed by atoms with Gasteiger partial charge in [-0.1, -0.05) is 41.9 Å². The summed E-state index contributed by atoms with van der Waals surface area (Å²) < 4.78 is 2.35. The summed E-state index contributed by atoms with van der Waals surface area (Å²) in [6.07, 6.45) is 0. The number of nitrogens with zero attached hydrogens (tertiary/aromatic N) is 2. The van der Waals surface area contributed by atoms with Gasteiger partial charge in [0.1, 0.15) is 0 Å². The van der Waals surface area contributed by atoms with Crippen molar-refractivity contribution in [1.82, 2.24) is 9.55 Å². The number of halogens is 1.